The maximum Gasteiger partial charge on any atom is 0.141 e. The van der Waals surface area contributed by atoms with Crippen molar-refractivity contribution in [2.45, 2.75) is 31.8 Å². The Morgan fingerprint density at radius 3 is 2.53 bits per heavy atom. The number of hydrogen-bond acceptors (Lipinski definition) is 2. The number of fused-ring (bicyclic) bond motifs is 1. The van der Waals surface area contributed by atoms with Gasteiger partial charge in [0, 0.05) is 18.3 Å². The van der Waals surface area contributed by atoms with E-state index in [1.54, 1.807) is 12.3 Å². The van der Waals surface area contributed by atoms with Gasteiger partial charge in [-0.05, 0) is 42.5 Å². The van der Waals surface area contributed by atoms with E-state index in [-0.39, 0.29) is 11.9 Å². The lowest BCUT2D eigenvalue weighted by Crippen LogP contribution is -2.32. The smallest absolute Gasteiger partial charge is 0.141 e. The van der Waals surface area contributed by atoms with Crippen molar-refractivity contribution >= 4 is 0 Å². The first kappa shape index (κ1) is 12.3. The Balaban J connectivity index is 1.67. The molecule has 1 aliphatic rings. The SMILES string of the molecule is CC(NC1Cc2ccccc2C1)c1cncc(F)c1. The number of nitrogens with one attached hydrogen (secondary N) is 1. The molecular weight excluding hydrogens is 239 g/mol. The highest BCUT2D eigenvalue weighted by atomic mass is 19.1. The van der Waals surface area contributed by atoms with Crippen LogP contribution in [0.3, 0.4) is 0 Å². The number of rotatable bonds is 3. The highest BCUT2D eigenvalue weighted by molar-refractivity contribution is 5.33. The Morgan fingerprint density at radius 2 is 1.89 bits per heavy atom. The average molecular weight is 256 g/mol. The van der Waals surface area contributed by atoms with Crippen LogP contribution in [0.1, 0.15) is 29.7 Å². The van der Waals surface area contributed by atoms with Crippen molar-refractivity contribution in [1.82, 2.24) is 10.3 Å². The number of benzene rings is 1. The molecule has 3 heteroatoms. The Morgan fingerprint density at radius 1 is 1.21 bits per heavy atom. The number of pyridine rings is 1. The fourth-order valence-corrected chi connectivity index (χ4v) is 2.79. The second kappa shape index (κ2) is 5.10. The highest BCUT2D eigenvalue weighted by Crippen LogP contribution is 2.24. The van der Waals surface area contributed by atoms with Crippen LogP contribution in [0.5, 0.6) is 0 Å². The topological polar surface area (TPSA) is 24.9 Å². The Kier molecular flexibility index (Phi) is 3.30. The molecule has 1 aromatic heterocycles. The van der Waals surface area contributed by atoms with Gasteiger partial charge in [0.15, 0.2) is 0 Å². The molecule has 1 aromatic carbocycles. The van der Waals surface area contributed by atoms with Gasteiger partial charge in [0.25, 0.3) is 0 Å². The van der Waals surface area contributed by atoms with Gasteiger partial charge >= 0.3 is 0 Å². The fourth-order valence-electron chi connectivity index (χ4n) is 2.79. The summed E-state index contributed by atoms with van der Waals surface area (Å²) in [5.74, 6) is -0.277. The van der Waals surface area contributed by atoms with Gasteiger partial charge in [-0.1, -0.05) is 24.3 Å². The first-order chi connectivity index (χ1) is 9.22. The van der Waals surface area contributed by atoms with Gasteiger partial charge in [-0.15, -0.1) is 0 Å². The van der Waals surface area contributed by atoms with Crippen molar-refractivity contribution in [1.29, 1.82) is 0 Å². The molecule has 0 aliphatic heterocycles. The molecule has 0 amide bonds. The van der Waals surface area contributed by atoms with Crippen molar-refractivity contribution in [3.05, 3.63) is 65.2 Å². The summed E-state index contributed by atoms with van der Waals surface area (Å²) in [4.78, 5) is 3.90. The van der Waals surface area contributed by atoms with Gasteiger partial charge in [-0.3, -0.25) is 4.98 Å². The van der Waals surface area contributed by atoms with Gasteiger partial charge in [0.1, 0.15) is 5.82 Å². The minimum absolute atomic E-state index is 0.113. The van der Waals surface area contributed by atoms with Crippen LogP contribution >= 0.6 is 0 Å². The van der Waals surface area contributed by atoms with Crippen molar-refractivity contribution in [3.8, 4) is 0 Å². The summed E-state index contributed by atoms with van der Waals surface area (Å²) in [5, 5.41) is 3.56. The number of nitrogens with zero attached hydrogens (tertiary/aromatic N) is 1. The maximum atomic E-state index is 13.2. The molecule has 0 spiro atoms. The van der Waals surface area contributed by atoms with E-state index in [1.165, 1.54) is 17.3 Å². The van der Waals surface area contributed by atoms with Crippen LogP contribution in [0.4, 0.5) is 4.39 Å². The molecule has 0 saturated heterocycles. The fraction of sp³-hybridized carbons (Fsp3) is 0.312. The lowest BCUT2D eigenvalue weighted by atomic mass is 10.1. The molecule has 1 aliphatic carbocycles. The quantitative estimate of drug-likeness (QED) is 0.913. The van der Waals surface area contributed by atoms with Crippen molar-refractivity contribution in [2.24, 2.45) is 0 Å². The van der Waals surface area contributed by atoms with E-state index < -0.39 is 0 Å². The molecule has 1 atom stereocenters. The Bertz CT molecular complexity index is 557. The van der Waals surface area contributed by atoms with E-state index in [1.807, 2.05) is 0 Å². The van der Waals surface area contributed by atoms with E-state index in [0.717, 1.165) is 18.4 Å². The summed E-state index contributed by atoms with van der Waals surface area (Å²) >= 11 is 0. The molecule has 3 rings (SSSR count). The molecule has 0 fully saturated rings. The summed E-state index contributed by atoms with van der Waals surface area (Å²) < 4.78 is 13.2. The lowest BCUT2D eigenvalue weighted by Gasteiger charge is -2.19. The van der Waals surface area contributed by atoms with E-state index in [0.29, 0.717) is 6.04 Å². The third-order valence-corrected chi connectivity index (χ3v) is 3.76. The molecule has 0 bridgehead atoms. The van der Waals surface area contributed by atoms with Gasteiger partial charge in [-0.2, -0.15) is 0 Å². The minimum atomic E-state index is -0.277. The first-order valence-electron chi connectivity index (χ1n) is 6.65. The normalized spacial score (nSPS) is 16.3. The molecule has 1 unspecified atom stereocenters. The number of halogens is 1. The molecule has 98 valence electrons. The number of aromatic nitrogens is 1. The first-order valence-corrected chi connectivity index (χ1v) is 6.65. The summed E-state index contributed by atoms with van der Waals surface area (Å²) in [7, 11) is 0. The van der Waals surface area contributed by atoms with Crippen LogP contribution in [0.25, 0.3) is 0 Å². The predicted octanol–water partition coefficient (Wildman–Crippen LogP) is 3.04. The van der Waals surface area contributed by atoms with E-state index >= 15 is 0 Å². The monoisotopic (exact) mass is 256 g/mol. The maximum absolute atomic E-state index is 13.2. The van der Waals surface area contributed by atoms with Crippen LogP contribution in [0.2, 0.25) is 0 Å². The summed E-state index contributed by atoms with van der Waals surface area (Å²) in [6.45, 7) is 2.06. The summed E-state index contributed by atoms with van der Waals surface area (Å²) in [5.41, 5.74) is 3.74. The summed E-state index contributed by atoms with van der Waals surface area (Å²) in [6.07, 6.45) is 5.05. The van der Waals surface area contributed by atoms with Crippen molar-refractivity contribution in [2.75, 3.05) is 0 Å². The Hall–Kier alpha value is -1.74. The largest absolute Gasteiger partial charge is 0.307 e. The standard InChI is InChI=1S/C16H17FN2/c1-11(14-6-15(17)10-18-9-14)19-16-7-12-4-2-3-5-13(12)8-16/h2-6,9-11,16,19H,7-8H2,1H3. The molecular formula is C16H17FN2. The molecule has 0 radical (unpaired) electrons. The molecule has 0 saturated carbocycles. The van der Waals surface area contributed by atoms with Crippen LogP contribution < -0.4 is 5.32 Å². The minimum Gasteiger partial charge on any atom is -0.307 e. The van der Waals surface area contributed by atoms with Crippen molar-refractivity contribution in [3.63, 3.8) is 0 Å². The lowest BCUT2D eigenvalue weighted by molar-refractivity contribution is 0.464. The number of hydrogen-bond donors (Lipinski definition) is 1. The predicted molar refractivity (Wildman–Crippen MR) is 73.4 cm³/mol. The zero-order chi connectivity index (χ0) is 13.2. The molecule has 2 aromatic rings. The van der Waals surface area contributed by atoms with E-state index in [2.05, 4.69) is 41.5 Å². The van der Waals surface area contributed by atoms with Gasteiger partial charge < -0.3 is 5.32 Å². The Labute approximate surface area is 112 Å². The third kappa shape index (κ3) is 2.66. The zero-order valence-corrected chi connectivity index (χ0v) is 10.9. The van der Waals surface area contributed by atoms with Crippen LogP contribution in [-0.2, 0) is 12.8 Å². The molecule has 1 heterocycles. The van der Waals surface area contributed by atoms with E-state index in [9.17, 15) is 4.39 Å². The van der Waals surface area contributed by atoms with Crippen molar-refractivity contribution < 1.29 is 4.39 Å². The van der Waals surface area contributed by atoms with Gasteiger partial charge in [0.05, 0.1) is 6.20 Å². The molecule has 1 N–H and O–H groups in total. The van der Waals surface area contributed by atoms with Gasteiger partial charge in [-0.25, -0.2) is 4.39 Å². The highest BCUT2D eigenvalue weighted by Gasteiger charge is 2.22. The summed E-state index contributed by atoms with van der Waals surface area (Å²) in [6, 6.07) is 10.6. The average Bonchev–Trinajstić information content (AvgIpc) is 2.80. The van der Waals surface area contributed by atoms with Crippen LogP contribution in [-0.4, -0.2) is 11.0 Å². The van der Waals surface area contributed by atoms with Crippen LogP contribution in [0.15, 0.2) is 42.7 Å². The molecule has 19 heavy (non-hydrogen) atoms. The third-order valence-electron chi connectivity index (χ3n) is 3.76. The second-order valence-corrected chi connectivity index (χ2v) is 5.20. The second-order valence-electron chi connectivity index (χ2n) is 5.20. The van der Waals surface area contributed by atoms with E-state index in [4.69, 9.17) is 0 Å². The molecule has 2 nitrogen and oxygen atoms in total. The zero-order valence-electron chi connectivity index (χ0n) is 10.9. The van der Waals surface area contributed by atoms with Crippen LogP contribution in [0, 0.1) is 5.82 Å². The van der Waals surface area contributed by atoms with Gasteiger partial charge in [0.2, 0.25) is 0 Å².